The molecule has 1 aromatic carbocycles. The van der Waals surface area contributed by atoms with E-state index in [4.69, 9.17) is 0 Å². The third kappa shape index (κ3) is 4.10. The van der Waals surface area contributed by atoms with E-state index >= 15 is 0 Å². The molecule has 2 aromatic heterocycles. The Bertz CT molecular complexity index is 841. The molecule has 3 rings (SSSR count). The number of nitrogens with one attached hydrogen (secondary N) is 2. The van der Waals surface area contributed by atoms with Crippen LogP contribution < -0.4 is 10.6 Å². The van der Waals surface area contributed by atoms with Gasteiger partial charge in [-0.2, -0.15) is 0 Å². The lowest BCUT2D eigenvalue weighted by Crippen LogP contribution is -2.14. The summed E-state index contributed by atoms with van der Waals surface area (Å²) in [4.78, 5) is 24.2. The molecule has 0 atom stereocenters. The monoisotopic (exact) mass is 323 g/mol. The first-order valence-electron chi connectivity index (χ1n) is 7.22. The van der Waals surface area contributed by atoms with E-state index in [9.17, 15) is 9.18 Å². The Labute approximate surface area is 137 Å². The summed E-state index contributed by atoms with van der Waals surface area (Å²) >= 11 is 0. The van der Waals surface area contributed by atoms with Crippen LogP contribution in [0.25, 0.3) is 0 Å². The fourth-order valence-corrected chi connectivity index (χ4v) is 2.03. The number of halogens is 1. The molecule has 0 saturated heterocycles. The van der Waals surface area contributed by atoms with Gasteiger partial charge in [-0.05, 0) is 29.8 Å². The van der Waals surface area contributed by atoms with Crippen molar-refractivity contribution in [2.45, 2.75) is 6.54 Å². The number of nitrogens with zero attached hydrogens (tertiary/aromatic N) is 3. The van der Waals surface area contributed by atoms with Crippen molar-refractivity contribution in [2.24, 2.45) is 0 Å². The topological polar surface area (TPSA) is 79.8 Å². The van der Waals surface area contributed by atoms with Crippen molar-refractivity contribution >= 4 is 17.4 Å². The number of pyridine rings is 1. The Balaban J connectivity index is 1.67. The third-order valence-corrected chi connectivity index (χ3v) is 3.18. The second-order valence-electron chi connectivity index (χ2n) is 4.97. The van der Waals surface area contributed by atoms with E-state index in [1.54, 1.807) is 18.5 Å². The summed E-state index contributed by atoms with van der Waals surface area (Å²) in [7, 11) is 0. The van der Waals surface area contributed by atoms with E-state index in [0.717, 1.165) is 5.56 Å². The maximum atomic E-state index is 13.2. The molecule has 7 heteroatoms. The summed E-state index contributed by atoms with van der Waals surface area (Å²) in [5, 5.41) is 5.69. The van der Waals surface area contributed by atoms with E-state index in [0.29, 0.717) is 18.1 Å². The van der Waals surface area contributed by atoms with Crippen LogP contribution in [0.5, 0.6) is 0 Å². The van der Waals surface area contributed by atoms with Crippen LogP contribution in [0.1, 0.15) is 16.1 Å². The molecule has 2 heterocycles. The first-order valence-corrected chi connectivity index (χ1v) is 7.22. The second-order valence-corrected chi connectivity index (χ2v) is 4.97. The smallest absolute Gasteiger partial charge is 0.274 e. The first-order chi connectivity index (χ1) is 11.7. The third-order valence-electron chi connectivity index (χ3n) is 3.18. The molecule has 6 nitrogen and oxygen atoms in total. The molecule has 0 saturated carbocycles. The number of rotatable bonds is 5. The standard InChI is InChI=1S/C17H14FN5O/c18-13-4-1-5-14(7-13)23-17(24)15-8-16(22-11-21-15)20-10-12-3-2-6-19-9-12/h1-9,11H,10H2,(H,23,24)(H,20,21,22). The molecule has 2 N–H and O–H groups in total. The predicted octanol–water partition coefficient (Wildman–Crippen LogP) is 2.88. The first kappa shape index (κ1) is 15.5. The molecule has 0 fully saturated rings. The molecule has 0 aliphatic heterocycles. The number of carbonyl (C=O) groups is 1. The van der Waals surface area contributed by atoms with Crippen molar-refractivity contribution in [3.05, 3.63) is 78.3 Å². The predicted molar refractivity (Wildman–Crippen MR) is 87.9 cm³/mol. The van der Waals surface area contributed by atoms with Crippen molar-refractivity contribution in [3.8, 4) is 0 Å². The van der Waals surface area contributed by atoms with E-state index in [1.807, 2.05) is 12.1 Å². The Kier molecular flexibility index (Phi) is 4.71. The summed E-state index contributed by atoms with van der Waals surface area (Å²) in [6, 6.07) is 11.0. The van der Waals surface area contributed by atoms with Gasteiger partial charge in [0.25, 0.3) is 5.91 Å². The SMILES string of the molecule is O=C(Nc1cccc(F)c1)c1cc(NCc2cccnc2)ncn1. The second kappa shape index (κ2) is 7.28. The average Bonchev–Trinajstić information content (AvgIpc) is 2.61. The zero-order chi connectivity index (χ0) is 16.8. The lowest BCUT2D eigenvalue weighted by molar-refractivity contribution is 0.102. The number of amides is 1. The van der Waals surface area contributed by atoms with Gasteiger partial charge in [0.05, 0.1) is 0 Å². The summed E-state index contributed by atoms with van der Waals surface area (Å²) < 4.78 is 13.2. The van der Waals surface area contributed by atoms with Gasteiger partial charge in [0.15, 0.2) is 0 Å². The minimum Gasteiger partial charge on any atom is -0.366 e. The Hall–Kier alpha value is -3.35. The molecule has 0 bridgehead atoms. The van der Waals surface area contributed by atoms with Gasteiger partial charge in [0, 0.05) is 30.7 Å². The van der Waals surface area contributed by atoms with E-state index in [1.165, 1.54) is 30.6 Å². The Morgan fingerprint density at radius 3 is 2.83 bits per heavy atom. The van der Waals surface area contributed by atoms with Crippen molar-refractivity contribution in [1.82, 2.24) is 15.0 Å². The molecule has 3 aromatic rings. The van der Waals surface area contributed by atoms with Gasteiger partial charge < -0.3 is 10.6 Å². The summed E-state index contributed by atoms with van der Waals surface area (Å²) in [5.74, 6) is -0.347. The maximum Gasteiger partial charge on any atom is 0.274 e. The Morgan fingerprint density at radius 1 is 1.12 bits per heavy atom. The van der Waals surface area contributed by atoms with Gasteiger partial charge in [0.1, 0.15) is 23.7 Å². The molecule has 0 unspecified atom stereocenters. The van der Waals surface area contributed by atoms with Crippen LogP contribution in [-0.4, -0.2) is 20.9 Å². The number of benzene rings is 1. The van der Waals surface area contributed by atoms with Crippen LogP contribution in [0.3, 0.4) is 0 Å². The molecule has 0 radical (unpaired) electrons. The molecule has 0 aliphatic carbocycles. The molecular weight excluding hydrogens is 309 g/mol. The molecule has 1 amide bonds. The highest BCUT2D eigenvalue weighted by Gasteiger charge is 2.09. The minimum absolute atomic E-state index is 0.183. The van der Waals surface area contributed by atoms with Crippen molar-refractivity contribution in [1.29, 1.82) is 0 Å². The van der Waals surface area contributed by atoms with Gasteiger partial charge >= 0.3 is 0 Å². The molecule has 0 spiro atoms. The van der Waals surface area contributed by atoms with E-state index in [2.05, 4.69) is 25.6 Å². The minimum atomic E-state index is -0.438. The fraction of sp³-hybridized carbons (Fsp3) is 0.0588. The maximum absolute atomic E-state index is 13.2. The number of anilines is 2. The zero-order valence-electron chi connectivity index (χ0n) is 12.6. The highest BCUT2D eigenvalue weighted by atomic mass is 19.1. The number of carbonyl (C=O) groups excluding carboxylic acids is 1. The summed E-state index contributed by atoms with van der Waals surface area (Å²) in [6.07, 6.45) is 4.74. The highest BCUT2D eigenvalue weighted by Crippen LogP contribution is 2.12. The highest BCUT2D eigenvalue weighted by molar-refractivity contribution is 6.03. The molecule has 0 aliphatic rings. The van der Waals surface area contributed by atoms with Crippen molar-refractivity contribution < 1.29 is 9.18 Å². The van der Waals surface area contributed by atoms with Crippen molar-refractivity contribution in [3.63, 3.8) is 0 Å². The van der Waals surface area contributed by atoms with Crippen LogP contribution >= 0.6 is 0 Å². The van der Waals surface area contributed by atoms with Gasteiger partial charge in [0.2, 0.25) is 0 Å². The van der Waals surface area contributed by atoms with Crippen LogP contribution in [-0.2, 0) is 6.54 Å². The van der Waals surface area contributed by atoms with Crippen LogP contribution in [0.4, 0.5) is 15.9 Å². The molecule has 120 valence electrons. The fourth-order valence-electron chi connectivity index (χ4n) is 2.03. The van der Waals surface area contributed by atoms with Gasteiger partial charge in [-0.1, -0.05) is 12.1 Å². The molecule has 24 heavy (non-hydrogen) atoms. The van der Waals surface area contributed by atoms with E-state index in [-0.39, 0.29) is 5.69 Å². The number of aromatic nitrogens is 3. The van der Waals surface area contributed by atoms with Crippen LogP contribution in [0.2, 0.25) is 0 Å². The van der Waals surface area contributed by atoms with Gasteiger partial charge in [-0.15, -0.1) is 0 Å². The summed E-state index contributed by atoms with van der Waals surface area (Å²) in [6.45, 7) is 0.524. The lowest BCUT2D eigenvalue weighted by atomic mass is 10.2. The van der Waals surface area contributed by atoms with Crippen LogP contribution in [0.15, 0.2) is 61.2 Å². The Morgan fingerprint density at radius 2 is 2.04 bits per heavy atom. The lowest BCUT2D eigenvalue weighted by Gasteiger charge is -2.07. The van der Waals surface area contributed by atoms with Gasteiger partial charge in [-0.3, -0.25) is 9.78 Å². The normalized spacial score (nSPS) is 10.2. The quantitative estimate of drug-likeness (QED) is 0.755. The zero-order valence-corrected chi connectivity index (χ0v) is 12.6. The number of hydrogen-bond donors (Lipinski definition) is 2. The largest absolute Gasteiger partial charge is 0.366 e. The molecular formula is C17H14FN5O. The summed E-state index contributed by atoms with van der Waals surface area (Å²) in [5.41, 5.74) is 1.54. The van der Waals surface area contributed by atoms with Gasteiger partial charge in [-0.25, -0.2) is 14.4 Å². The number of hydrogen-bond acceptors (Lipinski definition) is 5. The van der Waals surface area contributed by atoms with Crippen LogP contribution in [0, 0.1) is 5.82 Å². The van der Waals surface area contributed by atoms with E-state index < -0.39 is 11.7 Å². The van der Waals surface area contributed by atoms with Crippen molar-refractivity contribution in [2.75, 3.05) is 10.6 Å². The average molecular weight is 323 g/mol.